The number of piperidine rings is 2. The molecule has 2 aliphatic heterocycles. The Morgan fingerprint density at radius 1 is 0.912 bits per heavy atom. The Labute approximate surface area is 204 Å². The smallest absolute Gasteiger partial charge is 0.409 e. The second kappa shape index (κ2) is 11.9. The van der Waals surface area contributed by atoms with Gasteiger partial charge in [-0.1, -0.05) is 29.8 Å². The number of aryl methyl sites for hydroxylation is 1. The van der Waals surface area contributed by atoms with E-state index in [1.807, 2.05) is 11.8 Å². The van der Waals surface area contributed by atoms with Crippen molar-refractivity contribution >= 4 is 12.1 Å². The van der Waals surface area contributed by atoms with E-state index in [9.17, 15) is 9.59 Å². The predicted octanol–water partition coefficient (Wildman–Crippen LogP) is 4.25. The van der Waals surface area contributed by atoms with Crippen molar-refractivity contribution in [3.8, 4) is 0 Å². The second-order valence-corrected chi connectivity index (χ2v) is 10.5. The maximum Gasteiger partial charge on any atom is 0.409 e. The highest BCUT2D eigenvalue weighted by Gasteiger charge is 2.30. The zero-order valence-corrected chi connectivity index (χ0v) is 21.0. The summed E-state index contributed by atoms with van der Waals surface area (Å²) in [5.74, 6) is 1.53. The van der Waals surface area contributed by atoms with Crippen LogP contribution in [0.2, 0.25) is 0 Å². The van der Waals surface area contributed by atoms with Crippen molar-refractivity contribution in [1.82, 2.24) is 20.0 Å². The van der Waals surface area contributed by atoms with Crippen LogP contribution in [0.4, 0.5) is 9.59 Å². The van der Waals surface area contributed by atoms with Gasteiger partial charge in [0.2, 0.25) is 0 Å². The maximum absolute atomic E-state index is 12.8. The molecule has 0 atom stereocenters. The van der Waals surface area contributed by atoms with Crippen molar-refractivity contribution in [3.05, 3.63) is 35.4 Å². The van der Waals surface area contributed by atoms with Crippen molar-refractivity contribution in [1.29, 1.82) is 0 Å². The van der Waals surface area contributed by atoms with Crippen LogP contribution in [-0.4, -0.2) is 78.7 Å². The Kier molecular flexibility index (Phi) is 8.70. The molecule has 2 saturated heterocycles. The summed E-state index contributed by atoms with van der Waals surface area (Å²) < 4.78 is 5.08. The van der Waals surface area contributed by atoms with E-state index in [-0.39, 0.29) is 18.2 Å². The molecule has 34 heavy (non-hydrogen) atoms. The number of carbonyl (C=O) groups excluding carboxylic acids is 2. The average Bonchev–Trinajstić information content (AvgIpc) is 3.65. The van der Waals surface area contributed by atoms with Crippen molar-refractivity contribution in [3.63, 3.8) is 0 Å². The molecule has 0 bridgehead atoms. The van der Waals surface area contributed by atoms with Gasteiger partial charge in [-0.3, -0.25) is 4.90 Å². The number of hydrogen-bond acceptors (Lipinski definition) is 4. The first-order valence-electron chi connectivity index (χ1n) is 13.2. The Hall–Kier alpha value is -2.28. The summed E-state index contributed by atoms with van der Waals surface area (Å²) in [6.45, 7) is 10.7. The first-order chi connectivity index (χ1) is 16.5. The summed E-state index contributed by atoms with van der Waals surface area (Å²) in [6.07, 6.45) is 6.23. The van der Waals surface area contributed by atoms with Gasteiger partial charge >= 0.3 is 12.1 Å². The molecule has 3 amide bonds. The van der Waals surface area contributed by atoms with Crippen LogP contribution in [0.1, 0.15) is 56.6 Å². The highest BCUT2D eigenvalue weighted by atomic mass is 16.6. The highest BCUT2D eigenvalue weighted by Crippen LogP contribution is 2.31. The molecule has 1 aromatic rings. The molecular weight excluding hydrogens is 428 g/mol. The number of nitrogens with zero attached hydrogens (tertiary/aromatic N) is 3. The second-order valence-electron chi connectivity index (χ2n) is 10.5. The minimum absolute atomic E-state index is 0.0579. The van der Waals surface area contributed by atoms with E-state index in [0.717, 1.165) is 57.8 Å². The zero-order chi connectivity index (χ0) is 23.9. The fraction of sp³-hybridized carbons (Fsp3) is 0.704. The van der Waals surface area contributed by atoms with Crippen LogP contribution in [0.5, 0.6) is 0 Å². The minimum atomic E-state index is -0.243. The maximum atomic E-state index is 12.8. The van der Waals surface area contributed by atoms with E-state index >= 15 is 0 Å². The molecule has 4 rings (SSSR count). The quantitative estimate of drug-likeness (QED) is 0.617. The van der Waals surface area contributed by atoms with Crippen molar-refractivity contribution in [2.24, 2.45) is 11.8 Å². The Balaban J connectivity index is 1.19. The van der Waals surface area contributed by atoms with Gasteiger partial charge in [-0.05, 0) is 69.8 Å². The molecule has 0 aromatic heterocycles. The fourth-order valence-corrected chi connectivity index (χ4v) is 5.19. The Bertz CT molecular complexity index is 795. The average molecular weight is 471 g/mol. The Morgan fingerprint density at radius 2 is 1.50 bits per heavy atom. The number of carbonyl (C=O) groups is 2. The lowest BCUT2D eigenvalue weighted by Gasteiger charge is -2.37. The molecule has 1 saturated carbocycles. The topological polar surface area (TPSA) is 65.1 Å². The molecule has 3 aliphatic rings. The van der Waals surface area contributed by atoms with Crippen molar-refractivity contribution in [2.45, 2.75) is 65.0 Å². The molecule has 7 nitrogen and oxygen atoms in total. The van der Waals surface area contributed by atoms with E-state index in [0.29, 0.717) is 25.6 Å². The Morgan fingerprint density at radius 3 is 2.09 bits per heavy atom. The standard InChI is InChI=1S/C27H42N4O3/c1-3-34-27(33)31-16-12-25(13-17-31)28-26(32)30-14-10-24(11-15-30)20-29(19-23-8-9-23)18-22-6-4-21(2)5-7-22/h4-7,23-25H,3,8-20H2,1-2H3,(H,28,32). The predicted molar refractivity (Wildman–Crippen MR) is 134 cm³/mol. The molecule has 0 unspecified atom stereocenters. The summed E-state index contributed by atoms with van der Waals surface area (Å²) in [4.78, 5) is 31.1. The van der Waals surface area contributed by atoms with E-state index < -0.39 is 0 Å². The number of hydrogen-bond donors (Lipinski definition) is 1. The minimum Gasteiger partial charge on any atom is -0.450 e. The number of ether oxygens (including phenoxy) is 1. The molecule has 0 spiro atoms. The van der Waals surface area contributed by atoms with E-state index in [1.54, 1.807) is 4.90 Å². The number of rotatable bonds is 8. The summed E-state index contributed by atoms with van der Waals surface area (Å²) in [5, 5.41) is 3.21. The van der Waals surface area contributed by atoms with Crippen LogP contribution < -0.4 is 5.32 Å². The monoisotopic (exact) mass is 470 g/mol. The van der Waals surface area contributed by atoms with Crippen molar-refractivity contribution in [2.75, 3.05) is 45.9 Å². The van der Waals surface area contributed by atoms with Gasteiger partial charge in [-0.15, -0.1) is 0 Å². The van der Waals surface area contributed by atoms with Crippen LogP contribution >= 0.6 is 0 Å². The molecule has 2 heterocycles. The van der Waals surface area contributed by atoms with E-state index in [2.05, 4.69) is 41.4 Å². The number of likely N-dealkylation sites (tertiary alicyclic amines) is 2. The third-order valence-corrected chi connectivity index (χ3v) is 7.51. The summed E-state index contributed by atoms with van der Waals surface area (Å²) in [6, 6.07) is 9.14. The number of benzene rings is 1. The van der Waals surface area contributed by atoms with Crippen molar-refractivity contribution < 1.29 is 14.3 Å². The number of amides is 3. The SMILES string of the molecule is CCOC(=O)N1CCC(NC(=O)N2CCC(CN(Cc3ccc(C)cc3)CC3CC3)CC2)CC1. The molecule has 188 valence electrons. The first-order valence-corrected chi connectivity index (χ1v) is 13.2. The van der Waals surface area contributed by atoms with Gasteiger partial charge in [0.25, 0.3) is 0 Å². The molecule has 1 aliphatic carbocycles. The van der Waals surface area contributed by atoms with Gasteiger partial charge in [-0.25, -0.2) is 9.59 Å². The van der Waals surface area contributed by atoms with Crippen LogP contribution in [0.25, 0.3) is 0 Å². The highest BCUT2D eigenvalue weighted by molar-refractivity contribution is 5.74. The molecule has 3 fully saturated rings. The summed E-state index contributed by atoms with van der Waals surface area (Å²) in [5.41, 5.74) is 2.71. The van der Waals surface area contributed by atoms with Gasteiger partial charge in [0.15, 0.2) is 0 Å². The van der Waals surface area contributed by atoms with Crippen LogP contribution in [0.3, 0.4) is 0 Å². The first kappa shape index (κ1) is 24.8. The summed E-state index contributed by atoms with van der Waals surface area (Å²) in [7, 11) is 0. The van der Waals surface area contributed by atoms with Crippen LogP contribution in [0, 0.1) is 18.8 Å². The van der Waals surface area contributed by atoms with Crippen LogP contribution in [-0.2, 0) is 11.3 Å². The third-order valence-electron chi connectivity index (χ3n) is 7.51. The van der Waals surface area contributed by atoms with Gasteiger partial charge < -0.3 is 19.9 Å². The molecule has 7 heteroatoms. The fourth-order valence-electron chi connectivity index (χ4n) is 5.19. The van der Waals surface area contributed by atoms with E-state index in [4.69, 9.17) is 4.74 Å². The lowest BCUT2D eigenvalue weighted by atomic mass is 9.96. The van der Waals surface area contributed by atoms with Gasteiger partial charge in [-0.2, -0.15) is 0 Å². The number of urea groups is 1. The molecule has 1 aromatic carbocycles. The largest absolute Gasteiger partial charge is 0.450 e. The molecule has 0 radical (unpaired) electrons. The van der Waals surface area contributed by atoms with Gasteiger partial charge in [0.05, 0.1) is 6.61 Å². The molecule has 1 N–H and O–H groups in total. The lowest BCUT2D eigenvalue weighted by Crippen LogP contribution is -2.52. The van der Waals surface area contributed by atoms with Crippen LogP contribution in [0.15, 0.2) is 24.3 Å². The number of nitrogens with one attached hydrogen (secondary N) is 1. The third kappa shape index (κ3) is 7.36. The van der Waals surface area contributed by atoms with Gasteiger partial charge in [0.1, 0.15) is 0 Å². The summed E-state index contributed by atoms with van der Waals surface area (Å²) >= 11 is 0. The normalized spacial score (nSPS) is 20.0. The van der Waals surface area contributed by atoms with E-state index in [1.165, 1.54) is 30.5 Å². The molecular formula is C27H42N4O3. The van der Waals surface area contributed by atoms with Gasteiger partial charge in [0, 0.05) is 51.9 Å². The lowest BCUT2D eigenvalue weighted by molar-refractivity contribution is 0.0944. The zero-order valence-electron chi connectivity index (χ0n) is 21.0.